The number of sulfonamides is 2. The summed E-state index contributed by atoms with van der Waals surface area (Å²) in [6.07, 6.45) is -3.48. The maximum atomic E-state index is 13.2. The summed E-state index contributed by atoms with van der Waals surface area (Å²) >= 11 is 0. The highest BCUT2D eigenvalue weighted by Gasteiger charge is 2.35. The summed E-state index contributed by atoms with van der Waals surface area (Å²) in [5.41, 5.74) is -0.851. The van der Waals surface area contributed by atoms with Crippen LogP contribution in [0.2, 0.25) is 0 Å². The lowest BCUT2D eigenvalue weighted by atomic mass is 10.1. The summed E-state index contributed by atoms with van der Waals surface area (Å²) in [7, 11) is -7.84. The zero-order valence-corrected chi connectivity index (χ0v) is 18.0. The van der Waals surface area contributed by atoms with Gasteiger partial charge >= 0.3 is 6.18 Å². The molecule has 3 rings (SSSR count). The second-order valence-corrected chi connectivity index (χ2v) is 10.8. The molecule has 1 heterocycles. The van der Waals surface area contributed by atoms with Crippen LogP contribution in [-0.2, 0) is 26.2 Å². The highest BCUT2D eigenvalue weighted by molar-refractivity contribution is 7.93. The van der Waals surface area contributed by atoms with Gasteiger partial charge in [-0.2, -0.15) is 13.2 Å². The molecule has 1 N–H and O–H groups in total. The molecule has 2 aromatic carbocycles. The molecular weight excluding hydrogens is 441 g/mol. The first-order valence-electron chi connectivity index (χ1n) is 9.13. The summed E-state index contributed by atoms with van der Waals surface area (Å²) in [4.78, 5) is -0.183. The molecule has 0 atom stereocenters. The molecule has 0 bridgehead atoms. The Bertz CT molecular complexity index is 1150. The van der Waals surface area contributed by atoms with Crippen molar-refractivity contribution in [2.75, 3.05) is 21.3 Å². The van der Waals surface area contributed by atoms with Crippen molar-refractivity contribution < 1.29 is 30.0 Å². The van der Waals surface area contributed by atoms with Gasteiger partial charge in [-0.25, -0.2) is 16.8 Å². The molecule has 1 aliphatic rings. The molecule has 6 nitrogen and oxygen atoms in total. The van der Waals surface area contributed by atoms with Gasteiger partial charge in [-0.05, 0) is 62.1 Å². The van der Waals surface area contributed by atoms with E-state index in [1.54, 1.807) is 0 Å². The zero-order valence-electron chi connectivity index (χ0n) is 16.3. The molecule has 2 aromatic rings. The fourth-order valence-electron chi connectivity index (χ4n) is 3.59. The van der Waals surface area contributed by atoms with Crippen molar-refractivity contribution >= 4 is 31.4 Å². The molecule has 11 heteroatoms. The van der Waals surface area contributed by atoms with E-state index in [9.17, 15) is 30.0 Å². The number of halogens is 3. The van der Waals surface area contributed by atoms with Gasteiger partial charge in [0.1, 0.15) is 0 Å². The number of anilines is 2. The predicted molar refractivity (Wildman–Crippen MR) is 109 cm³/mol. The van der Waals surface area contributed by atoms with E-state index >= 15 is 0 Å². The summed E-state index contributed by atoms with van der Waals surface area (Å²) in [5, 5.41) is 0. The molecule has 0 radical (unpaired) electrons. The molecule has 0 spiro atoms. The van der Waals surface area contributed by atoms with Gasteiger partial charge in [-0.15, -0.1) is 0 Å². The van der Waals surface area contributed by atoms with Gasteiger partial charge in [0.2, 0.25) is 10.0 Å². The van der Waals surface area contributed by atoms with Gasteiger partial charge in [-0.3, -0.25) is 9.03 Å². The van der Waals surface area contributed by atoms with Gasteiger partial charge in [0.05, 0.1) is 27.6 Å². The molecule has 1 saturated heterocycles. The van der Waals surface area contributed by atoms with Crippen molar-refractivity contribution in [3.63, 3.8) is 0 Å². The van der Waals surface area contributed by atoms with E-state index in [4.69, 9.17) is 0 Å². The summed E-state index contributed by atoms with van der Waals surface area (Å²) < 4.78 is 93.5. The number of aryl methyl sites for hydroxylation is 2. The van der Waals surface area contributed by atoms with Crippen molar-refractivity contribution in [2.45, 2.75) is 37.8 Å². The largest absolute Gasteiger partial charge is 0.418 e. The summed E-state index contributed by atoms with van der Waals surface area (Å²) in [6, 6.07) is 7.17. The lowest BCUT2D eigenvalue weighted by Gasteiger charge is -2.29. The van der Waals surface area contributed by atoms with Crippen molar-refractivity contribution in [3.8, 4) is 0 Å². The molecule has 0 unspecified atom stereocenters. The Labute approximate surface area is 173 Å². The van der Waals surface area contributed by atoms with Gasteiger partial charge in [0.25, 0.3) is 10.0 Å². The van der Waals surface area contributed by atoms with Crippen LogP contribution in [0.1, 0.15) is 29.5 Å². The number of nitrogens with one attached hydrogen (secondary N) is 1. The number of rotatable bonds is 4. The lowest BCUT2D eigenvalue weighted by molar-refractivity contribution is -0.136. The van der Waals surface area contributed by atoms with Gasteiger partial charge in [0.15, 0.2) is 0 Å². The van der Waals surface area contributed by atoms with Crippen molar-refractivity contribution in [1.82, 2.24) is 0 Å². The van der Waals surface area contributed by atoms with Crippen LogP contribution >= 0.6 is 0 Å². The Balaban J connectivity index is 2.02. The van der Waals surface area contributed by atoms with Crippen molar-refractivity contribution in [2.24, 2.45) is 0 Å². The Hall–Kier alpha value is -2.27. The highest BCUT2D eigenvalue weighted by atomic mass is 32.2. The third-order valence-electron chi connectivity index (χ3n) is 4.83. The quantitative estimate of drug-likeness (QED) is 0.743. The lowest BCUT2D eigenvalue weighted by Crippen LogP contribution is -2.38. The molecule has 1 fully saturated rings. The second kappa shape index (κ2) is 7.77. The Kier molecular flexibility index (Phi) is 5.80. The van der Waals surface area contributed by atoms with Crippen LogP contribution in [0, 0.1) is 13.8 Å². The van der Waals surface area contributed by atoms with Gasteiger partial charge in [-0.1, -0.05) is 12.1 Å². The van der Waals surface area contributed by atoms with E-state index in [1.807, 2.05) is 4.72 Å². The Morgan fingerprint density at radius 3 is 2.20 bits per heavy atom. The van der Waals surface area contributed by atoms with Crippen LogP contribution in [-0.4, -0.2) is 29.1 Å². The van der Waals surface area contributed by atoms with Crippen LogP contribution in [0.5, 0.6) is 0 Å². The number of nitrogens with zero attached hydrogens (tertiary/aromatic N) is 1. The number of para-hydroxylation sites is 1. The van der Waals surface area contributed by atoms with E-state index in [2.05, 4.69) is 0 Å². The minimum atomic E-state index is -4.73. The smallest absolute Gasteiger partial charge is 0.279 e. The molecule has 30 heavy (non-hydrogen) atoms. The van der Waals surface area contributed by atoms with Crippen molar-refractivity contribution in [1.29, 1.82) is 0 Å². The van der Waals surface area contributed by atoms with Gasteiger partial charge in [0, 0.05) is 6.54 Å². The minimum Gasteiger partial charge on any atom is -0.279 e. The van der Waals surface area contributed by atoms with E-state index in [-0.39, 0.29) is 21.8 Å². The van der Waals surface area contributed by atoms with E-state index in [0.29, 0.717) is 25.1 Å². The molecule has 0 amide bonds. The van der Waals surface area contributed by atoms with E-state index in [1.165, 1.54) is 42.4 Å². The first kappa shape index (κ1) is 22.4. The van der Waals surface area contributed by atoms with E-state index < -0.39 is 37.5 Å². The number of hydrogen-bond donors (Lipinski definition) is 1. The average Bonchev–Trinajstić information content (AvgIpc) is 2.59. The third kappa shape index (κ3) is 4.41. The van der Waals surface area contributed by atoms with Crippen LogP contribution in [0.15, 0.2) is 41.3 Å². The first-order chi connectivity index (χ1) is 13.8. The summed E-state index contributed by atoms with van der Waals surface area (Å²) in [5.74, 6) is 0.0148. The minimum absolute atomic E-state index is 0.0148. The normalized spacial score (nSPS) is 17.0. The fraction of sp³-hybridized carbons (Fsp3) is 0.368. The Morgan fingerprint density at radius 2 is 1.63 bits per heavy atom. The number of benzene rings is 2. The molecule has 0 aromatic heterocycles. The topological polar surface area (TPSA) is 83.6 Å². The first-order valence-corrected chi connectivity index (χ1v) is 12.2. The molecule has 0 aliphatic carbocycles. The molecule has 0 saturated carbocycles. The number of alkyl halides is 3. The number of hydrogen-bond acceptors (Lipinski definition) is 4. The third-order valence-corrected chi connectivity index (χ3v) is 8.37. The Morgan fingerprint density at radius 1 is 1.03 bits per heavy atom. The average molecular weight is 463 g/mol. The van der Waals surface area contributed by atoms with Crippen LogP contribution in [0.25, 0.3) is 0 Å². The van der Waals surface area contributed by atoms with E-state index in [0.717, 1.165) is 12.1 Å². The van der Waals surface area contributed by atoms with Crippen LogP contribution < -0.4 is 9.03 Å². The SMILES string of the molecule is Cc1cc(N2CCCCS2(=O)=O)cc(C)c1S(=O)(=O)Nc1ccccc1C(F)(F)F. The second-order valence-electron chi connectivity index (χ2n) is 7.15. The monoisotopic (exact) mass is 462 g/mol. The molecule has 164 valence electrons. The maximum Gasteiger partial charge on any atom is 0.418 e. The predicted octanol–water partition coefficient (Wildman–Crippen LogP) is 4.05. The fourth-order valence-corrected chi connectivity index (χ4v) is 6.75. The standard InChI is InChI=1S/C19H21F3N2O4S2/c1-13-11-15(24-9-5-6-10-29(24,25)26)12-14(2)18(13)30(27,28)23-17-8-4-3-7-16(17)19(20,21)22/h3-4,7-8,11-12,23H,5-6,9-10H2,1-2H3. The molecule has 1 aliphatic heterocycles. The van der Waals surface area contributed by atoms with Crippen LogP contribution in [0.3, 0.4) is 0 Å². The molecular formula is C19H21F3N2O4S2. The van der Waals surface area contributed by atoms with Crippen LogP contribution in [0.4, 0.5) is 24.5 Å². The van der Waals surface area contributed by atoms with Gasteiger partial charge < -0.3 is 0 Å². The van der Waals surface area contributed by atoms with Crippen molar-refractivity contribution in [3.05, 3.63) is 53.1 Å². The maximum absolute atomic E-state index is 13.2. The summed E-state index contributed by atoms with van der Waals surface area (Å²) in [6.45, 7) is 3.26. The highest BCUT2D eigenvalue weighted by Crippen LogP contribution is 2.36. The zero-order chi connectivity index (χ0) is 22.3.